The van der Waals surface area contributed by atoms with Crippen LogP contribution in [0.15, 0.2) is 35.2 Å². The van der Waals surface area contributed by atoms with Gasteiger partial charge in [-0.1, -0.05) is 18.2 Å². The van der Waals surface area contributed by atoms with Gasteiger partial charge in [0.15, 0.2) is 0 Å². The number of benzene rings is 1. The third kappa shape index (κ3) is 2.51. The summed E-state index contributed by atoms with van der Waals surface area (Å²) < 4.78 is 25.7. The minimum atomic E-state index is -3.62. The predicted molar refractivity (Wildman–Crippen MR) is 64.9 cm³/mol. The van der Waals surface area contributed by atoms with Gasteiger partial charge in [0.25, 0.3) is 0 Å². The first-order valence-corrected chi connectivity index (χ1v) is 6.98. The third-order valence-corrected chi connectivity index (χ3v) is 4.74. The van der Waals surface area contributed by atoms with Crippen LogP contribution >= 0.6 is 0 Å². The smallest absolute Gasteiger partial charge is 0.243 e. The van der Waals surface area contributed by atoms with E-state index in [4.69, 9.17) is 0 Å². The second-order valence-electron chi connectivity index (χ2n) is 4.05. The molecule has 1 aromatic rings. The second kappa shape index (κ2) is 5.03. The minimum absolute atomic E-state index is 0.0930. The summed E-state index contributed by atoms with van der Waals surface area (Å²) in [6, 6.07) is 7.06. The SMILES string of the molecule is O=[N+]([O-])C1[CH]CCN(S(=O)(=O)c2ccccc2)C1. The highest BCUT2D eigenvalue weighted by Gasteiger charge is 2.35. The molecule has 0 spiro atoms. The second-order valence-corrected chi connectivity index (χ2v) is 5.99. The Balaban J connectivity index is 2.23. The topological polar surface area (TPSA) is 80.5 Å². The summed E-state index contributed by atoms with van der Waals surface area (Å²) >= 11 is 0. The first-order valence-electron chi connectivity index (χ1n) is 5.54. The van der Waals surface area contributed by atoms with Crippen molar-refractivity contribution >= 4 is 10.0 Å². The van der Waals surface area contributed by atoms with Gasteiger partial charge < -0.3 is 0 Å². The number of sulfonamides is 1. The van der Waals surface area contributed by atoms with Crippen LogP contribution in [0.25, 0.3) is 0 Å². The molecule has 1 saturated heterocycles. The predicted octanol–water partition coefficient (Wildman–Crippen LogP) is 0.931. The highest BCUT2D eigenvalue weighted by atomic mass is 32.2. The summed E-state index contributed by atoms with van der Waals surface area (Å²) in [5, 5.41) is 10.7. The van der Waals surface area contributed by atoms with Crippen molar-refractivity contribution in [1.29, 1.82) is 0 Å². The van der Waals surface area contributed by atoms with E-state index in [-0.39, 0.29) is 11.4 Å². The van der Waals surface area contributed by atoms with Crippen LogP contribution in [0, 0.1) is 16.5 Å². The van der Waals surface area contributed by atoms with E-state index in [0.717, 1.165) is 0 Å². The Morgan fingerprint density at radius 2 is 1.94 bits per heavy atom. The summed E-state index contributed by atoms with van der Waals surface area (Å²) in [5.41, 5.74) is 0. The largest absolute Gasteiger partial charge is 0.264 e. The molecule has 0 saturated carbocycles. The van der Waals surface area contributed by atoms with Crippen LogP contribution < -0.4 is 0 Å². The van der Waals surface area contributed by atoms with Crippen molar-refractivity contribution < 1.29 is 13.3 Å². The van der Waals surface area contributed by atoms with Gasteiger partial charge in [-0.2, -0.15) is 4.31 Å². The Kier molecular flexibility index (Phi) is 3.63. The Labute approximate surface area is 105 Å². The van der Waals surface area contributed by atoms with Gasteiger partial charge in [-0.25, -0.2) is 8.42 Å². The molecule has 2 rings (SSSR count). The highest BCUT2D eigenvalue weighted by molar-refractivity contribution is 7.89. The van der Waals surface area contributed by atoms with E-state index in [9.17, 15) is 18.5 Å². The number of nitrogens with zero attached hydrogens (tertiary/aromatic N) is 2. The maximum absolute atomic E-state index is 12.2. The molecule has 1 radical (unpaired) electrons. The average molecular weight is 269 g/mol. The lowest BCUT2D eigenvalue weighted by molar-refractivity contribution is -0.514. The molecule has 1 aromatic carbocycles. The van der Waals surface area contributed by atoms with E-state index >= 15 is 0 Å². The van der Waals surface area contributed by atoms with E-state index in [1.807, 2.05) is 0 Å². The van der Waals surface area contributed by atoms with Crippen molar-refractivity contribution in [2.45, 2.75) is 17.4 Å². The van der Waals surface area contributed by atoms with Crippen molar-refractivity contribution in [3.8, 4) is 0 Å². The van der Waals surface area contributed by atoms with Gasteiger partial charge in [0.1, 0.15) is 0 Å². The molecular weight excluding hydrogens is 256 g/mol. The van der Waals surface area contributed by atoms with Gasteiger partial charge in [0.2, 0.25) is 16.1 Å². The molecular formula is C11H13N2O4S. The van der Waals surface area contributed by atoms with Gasteiger partial charge in [-0.05, 0) is 18.6 Å². The average Bonchev–Trinajstić information content (AvgIpc) is 2.40. The van der Waals surface area contributed by atoms with Crippen molar-refractivity contribution in [3.05, 3.63) is 46.9 Å². The standard InChI is InChI=1S/C11H13N2O4S/c14-13(15)10-5-4-8-12(9-10)18(16,17)11-6-2-1-3-7-11/h1-3,5-7,10H,4,8-9H2. The van der Waals surface area contributed by atoms with Gasteiger partial charge in [0, 0.05) is 17.9 Å². The Hall–Kier alpha value is -1.47. The van der Waals surface area contributed by atoms with E-state index in [2.05, 4.69) is 0 Å². The Morgan fingerprint density at radius 3 is 2.56 bits per heavy atom. The highest BCUT2D eigenvalue weighted by Crippen LogP contribution is 2.20. The van der Waals surface area contributed by atoms with E-state index < -0.39 is 21.0 Å². The van der Waals surface area contributed by atoms with E-state index in [0.29, 0.717) is 13.0 Å². The molecule has 1 fully saturated rings. The zero-order chi connectivity index (χ0) is 13.2. The zero-order valence-corrected chi connectivity index (χ0v) is 10.4. The summed E-state index contributed by atoms with van der Waals surface area (Å²) in [7, 11) is -3.62. The summed E-state index contributed by atoms with van der Waals surface area (Å²) in [6.45, 7) is 0.200. The molecule has 7 heteroatoms. The number of hydrogen-bond donors (Lipinski definition) is 0. The van der Waals surface area contributed by atoms with Crippen LogP contribution in [0.4, 0.5) is 0 Å². The van der Waals surface area contributed by atoms with Crippen molar-refractivity contribution in [1.82, 2.24) is 4.31 Å². The van der Waals surface area contributed by atoms with Gasteiger partial charge in [-0.15, -0.1) is 0 Å². The van der Waals surface area contributed by atoms with Crippen molar-refractivity contribution in [2.24, 2.45) is 0 Å². The molecule has 1 atom stereocenters. The monoisotopic (exact) mass is 269 g/mol. The van der Waals surface area contributed by atoms with Crippen LogP contribution in [-0.4, -0.2) is 36.8 Å². The molecule has 1 heterocycles. The molecule has 0 aliphatic carbocycles. The van der Waals surface area contributed by atoms with Crippen LogP contribution in [0.1, 0.15) is 6.42 Å². The fraction of sp³-hybridized carbons (Fsp3) is 0.364. The van der Waals surface area contributed by atoms with Gasteiger partial charge in [-0.3, -0.25) is 10.1 Å². The Morgan fingerprint density at radius 1 is 1.28 bits per heavy atom. The first kappa shape index (κ1) is 13.0. The first-order chi connectivity index (χ1) is 8.51. The van der Waals surface area contributed by atoms with Crippen molar-refractivity contribution in [2.75, 3.05) is 13.1 Å². The van der Waals surface area contributed by atoms with Gasteiger partial charge in [0.05, 0.1) is 11.4 Å². The molecule has 1 unspecified atom stereocenters. The molecule has 1 aliphatic heterocycles. The summed E-state index contributed by atoms with van der Waals surface area (Å²) in [5.74, 6) is 0. The number of piperidine rings is 1. The fourth-order valence-electron chi connectivity index (χ4n) is 1.90. The molecule has 1 aliphatic rings. The Bertz CT molecular complexity index is 529. The lowest BCUT2D eigenvalue weighted by Gasteiger charge is -2.27. The van der Waals surface area contributed by atoms with Crippen LogP contribution in [0.3, 0.4) is 0 Å². The maximum Gasteiger partial charge on any atom is 0.243 e. The zero-order valence-electron chi connectivity index (χ0n) is 9.60. The molecule has 0 bridgehead atoms. The van der Waals surface area contributed by atoms with Crippen molar-refractivity contribution in [3.63, 3.8) is 0 Å². The molecule has 6 nitrogen and oxygen atoms in total. The maximum atomic E-state index is 12.2. The van der Waals surface area contributed by atoms with E-state index in [1.165, 1.54) is 16.4 Å². The quantitative estimate of drug-likeness (QED) is 0.604. The normalized spacial score (nSPS) is 21.7. The number of rotatable bonds is 3. The van der Waals surface area contributed by atoms with E-state index in [1.54, 1.807) is 24.6 Å². The summed E-state index contributed by atoms with van der Waals surface area (Å²) in [4.78, 5) is 10.4. The van der Waals surface area contributed by atoms with Gasteiger partial charge >= 0.3 is 0 Å². The lowest BCUT2D eigenvalue weighted by atomic mass is 10.1. The molecule has 0 N–H and O–H groups in total. The molecule has 18 heavy (non-hydrogen) atoms. The molecule has 97 valence electrons. The third-order valence-electron chi connectivity index (χ3n) is 2.86. The number of nitro groups is 1. The lowest BCUT2D eigenvalue weighted by Crippen LogP contribution is -2.45. The fourth-order valence-corrected chi connectivity index (χ4v) is 3.39. The van der Waals surface area contributed by atoms with Crippen LogP contribution in [-0.2, 0) is 10.0 Å². The van der Waals surface area contributed by atoms with Crippen LogP contribution in [0.2, 0.25) is 0 Å². The van der Waals surface area contributed by atoms with Crippen LogP contribution in [0.5, 0.6) is 0 Å². The summed E-state index contributed by atoms with van der Waals surface area (Å²) in [6.07, 6.45) is 1.95. The number of hydrogen-bond acceptors (Lipinski definition) is 4. The minimum Gasteiger partial charge on any atom is -0.264 e. The molecule has 0 amide bonds. The molecule has 0 aromatic heterocycles.